The van der Waals surface area contributed by atoms with Crippen LogP contribution >= 0.6 is 0 Å². The Morgan fingerprint density at radius 1 is 1.36 bits per heavy atom. The molecule has 0 aliphatic carbocycles. The predicted molar refractivity (Wildman–Crippen MR) is 58.2 cm³/mol. The van der Waals surface area contributed by atoms with Crippen molar-refractivity contribution in [2.75, 3.05) is 0 Å². The lowest BCUT2D eigenvalue weighted by Gasteiger charge is -2.04. The average molecular weight is 189 g/mol. The normalized spacial score (nSPS) is 11.4. The maximum Gasteiger partial charge on any atom is 0.134 e. The van der Waals surface area contributed by atoms with Gasteiger partial charge < -0.3 is 10.2 Å². The van der Waals surface area contributed by atoms with Gasteiger partial charge in [0.25, 0.3) is 0 Å². The van der Waals surface area contributed by atoms with Gasteiger partial charge in [0.15, 0.2) is 0 Å². The van der Waals surface area contributed by atoms with Gasteiger partial charge in [-0.2, -0.15) is 0 Å². The minimum absolute atomic E-state index is 0.536. The molecule has 1 heterocycles. The Morgan fingerprint density at radius 2 is 2.14 bits per heavy atom. The van der Waals surface area contributed by atoms with Crippen LogP contribution in [0.3, 0.4) is 0 Å². The van der Waals surface area contributed by atoms with E-state index in [0.29, 0.717) is 12.5 Å². The van der Waals surface area contributed by atoms with Gasteiger partial charge in [-0.3, -0.25) is 0 Å². The topological polar surface area (TPSA) is 39.2 Å². The first-order chi connectivity index (χ1) is 6.72. The molecule has 0 unspecified atom stereocenters. The van der Waals surface area contributed by atoms with E-state index < -0.39 is 0 Å². The van der Waals surface area contributed by atoms with Crippen molar-refractivity contribution in [2.24, 2.45) is 5.73 Å². The van der Waals surface area contributed by atoms with Gasteiger partial charge in [-0.05, 0) is 23.6 Å². The highest BCUT2D eigenvalue weighted by molar-refractivity contribution is 5.81. The third-order valence-corrected chi connectivity index (χ3v) is 2.56. The minimum Gasteiger partial charge on any atom is -0.464 e. The predicted octanol–water partition coefficient (Wildman–Crippen LogP) is 3.01. The van der Waals surface area contributed by atoms with Crippen molar-refractivity contribution in [1.29, 1.82) is 0 Å². The molecule has 0 spiro atoms. The highest BCUT2D eigenvalue weighted by Crippen LogP contribution is 2.25. The Morgan fingerprint density at radius 3 is 2.79 bits per heavy atom. The number of hydrogen-bond acceptors (Lipinski definition) is 2. The monoisotopic (exact) mass is 189 g/mol. The van der Waals surface area contributed by atoms with E-state index in [4.69, 9.17) is 10.2 Å². The molecule has 2 rings (SSSR count). The molecule has 74 valence electrons. The fraction of sp³-hybridized carbons (Fsp3) is 0.333. The Kier molecular flexibility index (Phi) is 2.30. The van der Waals surface area contributed by atoms with Gasteiger partial charge in [0.2, 0.25) is 0 Å². The molecule has 2 aromatic rings. The maximum atomic E-state index is 5.63. The molecule has 0 radical (unpaired) electrons. The van der Waals surface area contributed by atoms with Crippen LogP contribution in [0.15, 0.2) is 28.9 Å². The van der Waals surface area contributed by atoms with Crippen LogP contribution in [0.5, 0.6) is 0 Å². The second-order valence-corrected chi connectivity index (χ2v) is 3.88. The summed E-state index contributed by atoms with van der Waals surface area (Å²) in [6.45, 7) is 4.90. The van der Waals surface area contributed by atoms with Crippen LogP contribution < -0.4 is 5.73 Å². The molecule has 2 heteroatoms. The van der Waals surface area contributed by atoms with E-state index in [9.17, 15) is 0 Å². The number of fused-ring (bicyclic) bond motifs is 1. The van der Waals surface area contributed by atoms with Crippen molar-refractivity contribution in [3.63, 3.8) is 0 Å². The Bertz CT molecular complexity index is 443. The summed E-state index contributed by atoms with van der Waals surface area (Å²) in [5.74, 6) is 0.542. The summed E-state index contributed by atoms with van der Waals surface area (Å²) in [6.07, 6.45) is 1.74. The molecule has 0 aliphatic heterocycles. The minimum atomic E-state index is 0.536. The van der Waals surface area contributed by atoms with Gasteiger partial charge in [0, 0.05) is 17.5 Å². The molecule has 1 aromatic heterocycles. The molecule has 0 aliphatic rings. The lowest BCUT2D eigenvalue weighted by atomic mass is 10.0. The second-order valence-electron chi connectivity index (χ2n) is 3.88. The summed E-state index contributed by atoms with van der Waals surface area (Å²) < 4.78 is 5.39. The van der Waals surface area contributed by atoms with Crippen molar-refractivity contribution < 1.29 is 4.42 Å². The molecule has 0 bridgehead atoms. The fourth-order valence-electron chi connectivity index (χ4n) is 1.62. The maximum absolute atomic E-state index is 5.63. The summed E-state index contributed by atoms with van der Waals surface area (Å²) in [6, 6.07) is 6.30. The third-order valence-electron chi connectivity index (χ3n) is 2.56. The lowest BCUT2D eigenvalue weighted by molar-refractivity contribution is 0.610. The standard InChI is InChI=1S/C12H15NO/c1-8(2)9-3-4-12-11(5-9)10(6-13)7-14-12/h3-5,7-8H,6,13H2,1-2H3. The van der Waals surface area contributed by atoms with E-state index in [0.717, 1.165) is 16.5 Å². The van der Waals surface area contributed by atoms with Crippen LogP contribution in [0.4, 0.5) is 0 Å². The molecule has 0 saturated heterocycles. The summed E-state index contributed by atoms with van der Waals surface area (Å²) in [5, 5.41) is 1.15. The number of furan rings is 1. The number of hydrogen-bond donors (Lipinski definition) is 1. The number of nitrogens with two attached hydrogens (primary N) is 1. The van der Waals surface area contributed by atoms with Crippen LogP contribution in [-0.4, -0.2) is 0 Å². The Balaban J connectivity index is 2.61. The summed E-state index contributed by atoms with van der Waals surface area (Å²) in [4.78, 5) is 0. The van der Waals surface area contributed by atoms with Gasteiger partial charge in [-0.15, -0.1) is 0 Å². The van der Waals surface area contributed by atoms with Gasteiger partial charge in [0.1, 0.15) is 5.58 Å². The molecule has 0 amide bonds. The first-order valence-electron chi connectivity index (χ1n) is 4.92. The second kappa shape index (κ2) is 3.46. The smallest absolute Gasteiger partial charge is 0.134 e. The summed E-state index contributed by atoms with van der Waals surface area (Å²) in [5.41, 5.74) is 8.97. The molecule has 1 aromatic carbocycles. The van der Waals surface area contributed by atoms with Crippen LogP contribution in [0.25, 0.3) is 11.0 Å². The average Bonchev–Trinajstić information content (AvgIpc) is 2.59. The quantitative estimate of drug-likeness (QED) is 0.788. The molecular weight excluding hydrogens is 174 g/mol. The van der Waals surface area contributed by atoms with Gasteiger partial charge in [0.05, 0.1) is 6.26 Å². The molecule has 0 saturated carbocycles. The zero-order valence-electron chi connectivity index (χ0n) is 8.58. The Hall–Kier alpha value is -1.28. The molecule has 14 heavy (non-hydrogen) atoms. The van der Waals surface area contributed by atoms with E-state index in [1.807, 2.05) is 6.07 Å². The molecule has 0 atom stereocenters. The number of benzene rings is 1. The van der Waals surface area contributed by atoms with Crippen LogP contribution in [-0.2, 0) is 6.54 Å². The van der Waals surface area contributed by atoms with Crippen molar-refractivity contribution >= 4 is 11.0 Å². The van der Waals surface area contributed by atoms with Crippen molar-refractivity contribution in [3.8, 4) is 0 Å². The molecular formula is C12H15NO. The van der Waals surface area contributed by atoms with E-state index in [-0.39, 0.29) is 0 Å². The van der Waals surface area contributed by atoms with Gasteiger partial charge >= 0.3 is 0 Å². The van der Waals surface area contributed by atoms with Crippen molar-refractivity contribution in [3.05, 3.63) is 35.6 Å². The van der Waals surface area contributed by atoms with E-state index >= 15 is 0 Å². The van der Waals surface area contributed by atoms with Gasteiger partial charge in [-0.25, -0.2) is 0 Å². The van der Waals surface area contributed by atoms with Gasteiger partial charge in [-0.1, -0.05) is 19.9 Å². The first-order valence-corrected chi connectivity index (χ1v) is 4.92. The van der Waals surface area contributed by atoms with Crippen molar-refractivity contribution in [2.45, 2.75) is 26.3 Å². The zero-order valence-corrected chi connectivity index (χ0v) is 8.58. The lowest BCUT2D eigenvalue weighted by Crippen LogP contribution is -1.94. The fourth-order valence-corrected chi connectivity index (χ4v) is 1.62. The van der Waals surface area contributed by atoms with Crippen LogP contribution in [0, 0.1) is 0 Å². The van der Waals surface area contributed by atoms with E-state index in [1.165, 1.54) is 5.56 Å². The van der Waals surface area contributed by atoms with Crippen molar-refractivity contribution in [1.82, 2.24) is 0 Å². The number of rotatable bonds is 2. The van der Waals surface area contributed by atoms with Crippen LogP contribution in [0.2, 0.25) is 0 Å². The van der Waals surface area contributed by atoms with Crippen LogP contribution in [0.1, 0.15) is 30.9 Å². The zero-order chi connectivity index (χ0) is 10.1. The molecule has 0 fully saturated rings. The highest BCUT2D eigenvalue weighted by Gasteiger charge is 2.06. The Labute approximate surface area is 83.7 Å². The summed E-state index contributed by atoms with van der Waals surface area (Å²) in [7, 11) is 0. The van der Waals surface area contributed by atoms with E-state index in [1.54, 1.807) is 6.26 Å². The molecule has 2 N–H and O–H groups in total. The SMILES string of the molecule is CC(C)c1ccc2occ(CN)c2c1. The largest absolute Gasteiger partial charge is 0.464 e. The molecule has 2 nitrogen and oxygen atoms in total. The third kappa shape index (κ3) is 1.42. The first kappa shape index (κ1) is 9.28. The summed E-state index contributed by atoms with van der Waals surface area (Å²) >= 11 is 0. The highest BCUT2D eigenvalue weighted by atomic mass is 16.3. The van der Waals surface area contributed by atoms with E-state index in [2.05, 4.69) is 26.0 Å².